The van der Waals surface area contributed by atoms with Crippen LogP contribution < -0.4 is 5.32 Å². The summed E-state index contributed by atoms with van der Waals surface area (Å²) in [5.74, 6) is -0.426. The molecule has 1 aliphatic rings. The summed E-state index contributed by atoms with van der Waals surface area (Å²) in [6.07, 6.45) is 6.10. The maximum absolute atomic E-state index is 12.1. The van der Waals surface area contributed by atoms with Crippen molar-refractivity contribution >= 4 is 28.2 Å². The molecule has 0 bridgehead atoms. The molecule has 1 amide bonds. The Kier molecular flexibility index (Phi) is 5.39. The third-order valence-electron chi connectivity index (χ3n) is 4.11. The second-order valence-corrected chi connectivity index (χ2v) is 6.66. The van der Waals surface area contributed by atoms with Crippen molar-refractivity contribution in [2.75, 3.05) is 12.4 Å². The van der Waals surface area contributed by atoms with Crippen molar-refractivity contribution < 1.29 is 14.3 Å². The Balaban J connectivity index is 2.36. The summed E-state index contributed by atoms with van der Waals surface area (Å²) >= 11 is 1.54. The number of rotatable bonds is 4. The van der Waals surface area contributed by atoms with Gasteiger partial charge in [-0.3, -0.25) is 4.79 Å². The number of hydrogen-bond acceptors (Lipinski definition) is 4. The first-order chi connectivity index (χ1) is 10.1. The van der Waals surface area contributed by atoms with Crippen LogP contribution in [-0.2, 0) is 22.4 Å². The number of fused-ring (bicyclic) bond motifs is 1. The van der Waals surface area contributed by atoms with Gasteiger partial charge in [-0.1, -0.05) is 20.3 Å². The number of thiophene rings is 1. The molecule has 1 aliphatic carbocycles. The number of hydrogen-bond donors (Lipinski definition) is 1. The van der Waals surface area contributed by atoms with Crippen molar-refractivity contribution in [1.29, 1.82) is 0 Å². The second-order valence-electron chi connectivity index (χ2n) is 5.56. The molecule has 4 nitrogen and oxygen atoms in total. The normalized spacial score (nSPS) is 15.8. The maximum atomic E-state index is 12.1. The summed E-state index contributed by atoms with van der Waals surface area (Å²) in [5, 5.41) is 3.60. The van der Waals surface area contributed by atoms with Crippen LogP contribution in [0.25, 0.3) is 0 Å². The van der Waals surface area contributed by atoms with E-state index in [1.165, 1.54) is 18.4 Å². The highest BCUT2D eigenvalue weighted by Gasteiger charge is 2.26. The molecule has 5 heteroatoms. The minimum absolute atomic E-state index is 0.0286. The van der Waals surface area contributed by atoms with Gasteiger partial charge in [0, 0.05) is 10.8 Å². The largest absolute Gasteiger partial charge is 0.465 e. The Morgan fingerprint density at radius 3 is 2.67 bits per heavy atom. The fourth-order valence-electron chi connectivity index (χ4n) is 2.57. The summed E-state index contributed by atoms with van der Waals surface area (Å²) in [7, 11) is 1.39. The average molecular weight is 309 g/mol. The third-order valence-corrected chi connectivity index (χ3v) is 5.31. The Morgan fingerprint density at radius 2 is 2.00 bits per heavy atom. The van der Waals surface area contributed by atoms with Crippen molar-refractivity contribution in [1.82, 2.24) is 0 Å². The molecule has 0 aliphatic heterocycles. The highest BCUT2D eigenvalue weighted by Crippen LogP contribution is 2.38. The van der Waals surface area contributed by atoms with Gasteiger partial charge in [-0.2, -0.15) is 0 Å². The van der Waals surface area contributed by atoms with Crippen LogP contribution in [0.2, 0.25) is 0 Å². The van der Waals surface area contributed by atoms with Gasteiger partial charge in [0.05, 0.1) is 12.7 Å². The molecule has 0 spiro atoms. The fraction of sp³-hybridized carbons (Fsp3) is 0.625. The molecule has 116 valence electrons. The lowest BCUT2D eigenvalue weighted by atomic mass is 10.1. The van der Waals surface area contributed by atoms with Gasteiger partial charge in [-0.25, -0.2) is 4.79 Å². The van der Waals surface area contributed by atoms with Crippen molar-refractivity contribution in [2.24, 2.45) is 5.92 Å². The number of anilines is 1. The number of carbonyl (C=O) groups is 2. The number of methoxy groups -OCH3 is 1. The molecule has 0 fully saturated rings. The Morgan fingerprint density at radius 1 is 1.29 bits per heavy atom. The Hall–Kier alpha value is -1.36. The molecule has 0 saturated heterocycles. The summed E-state index contributed by atoms with van der Waals surface area (Å²) < 4.78 is 4.93. The highest BCUT2D eigenvalue weighted by atomic mass is 32.1. The van der Waals surface area contributed by atoms with Crippen LogP contribution in [0.5, 0.6) is 0 Å². The lowest BCUT2D eigenvalue weighted by Gasteiger charge is -2.10. The van der Waals surface area contributed by atoms with Crippen LogP contribution >= 0.6 is 11.3 Å². The van der Waals surface area contributed by atoms with E-state index in [2.05, 4.69) is 5.32 Å². The monoisotopic (exact) mass is 309 g/mol. The van der Waals surface area contributed by atoms with Gasteiger partial charge in [0.2, 0.25) is 5.91 Å². The van der Waals surface area contributed by atoms with Crippen molar-refractivity contribution in [3.8, 4) is 0 Å². The van der Waals surface area contributed by atoms with E-state index in [4.69, 9.17) is 4.74 Å². The van der Waals surface area contributed by atoms with Crippen LogP contribution in [0.4, 0.5) is 5.00 Å². The van der Waals surface area contributed by atoms with E-state index in [0.717, 1.165) is 37.7 Å². The Labute approximate surface area is 129 Å². The summed E-state index contributed by atoms with van der Waals surface area (Å²) in [5.41, 5.74) is 1.67. The zero-order valence-corrected chi connectivity index (χ0v) is 13.8. The van der Waals surface area contributed by atoms with E-state index >= 15 is 0 Å². The van der Waals surface area contributed by atoms with Crippen LogP contribution in [0.3, 0.4) is 0 Å². The zero-order valence-electron chi connectivity index (χ0n) is 13.0. The van der Waals surface area contributed by atoms with Gasteiger partial charge in [0.15, 0.2) is 0 Å². The van der Waals surface area contributed by atoms with Gasteiger partial charge in [-0.05, 0) is 37.7 Å². The SMILES string of the molecule is CCC(C)C(=O)Nc1sc2c(c1C(=O)OC)CCCCC2. The topological polar surface area (TPSA) is 55.4 Å². The molecular weight excluding hydrogens is 286 g/mol. The molecule has 2 rings (SSSR count). The minimum atomic E-state index is -0.339. The maximum Gasteiger partial charge on any atom is 0.341 e. The predicted octanol–water partition coefficient (Wildman–Crippen LogP) is 3.79. The van der Waals surface area contributed by atoms with E-state index in [-0.39, 0.29) is 17.8 Å². The molecule has 1 N–H and O–H groups in total. The molecule has 1 heterocycles. The van der Waals surface area contributed by atoms with E-state index in [9.17, 15) is 9.59 Å². The third kappa shape index (κ3) is 3.46. The molecule has 21 heavy (non-hydrogen) atoms. The van der Waals surface area contributed by atoms with Crippen molar-refractivity contribution in [3.05, 3.63) is 16.0 Å². The molecule has 1 aromatic rings. The Bertz CT molecular complexity index is 536. The standard InChI is InChI=1S/C16H23NO3S/c1-4-10(2)14(18)17-15-13(16(19)20-3)11-8-6-5-7-9-12(11)21-15/h10H,4-9H2,1-3H3,(H,17,18). The van der Waals surface area contributed by atoms with E-state index in [1.807, 2.05) is 13.8 Å². The van der Waals surface area contributed by atoms with Crippen LogP contribution in [0, 0.1) is 5.92 Å². The summed E-state index contributed by atoms with van der Waals surface area (Å²) in [4.78, 5) is 25.5. The molecule has 1 aromatic heterocycles. The molecular formula is C16H23NO3S. The number of nitrogens with one attached hydrogen (secondary N) is 1. The predicted molar refractivity (Wildman–Crippen MR) is 85.0 cm³/mol. The van der Waals surface area contributed by atoms with Crippen LogP contribution in [-0.4, -0.2) is 19.0 Å². The summed E-state index contributed by atoms with van der Waals surface area (Å²) in [6, 6.07) is 0. The lowest BCUT2D eigenvalue weighted by molar-refractivity contribution is -0.119. The van der Waals surface area contributed by atoms with Crippen molar-refractivity contribution in [3.63, 3.8) is 0 Å². The van der Waals surface area contributed by atoms with Gasteiger partial charge in [-0.15, -0.1) is 11.3 Å². The van der Waals surface area contributed by atoms with E-state index in [0.29, 0.717) is 10.6 Å². The van der Waals surface area contributed by atoms with Crippen LogP contribution in [0.1, 0.15) is 60.3 Å². The molecule has 0 radical (unpaired) electrons. The number of esters is 1. The fourth-order valence-corrected chi connectivity index (χ4v) is 3.85. The zero-order chi connectivity index (χ0) is 15.4. The molecule has 0 saturated carbocycles. The number of ether oxygens (including phenoxy) is 1. The van der Waals surface area contributed by atoms with Gasteiger partial charge in [0.1, 0.15) is 5.00 Å². The van der Waals surface area contributed by atoms with E-state index < -0.39 is 0 Å². The number of amides is 1. The van der Waals surface area contributed by atoms with Crippen molar-refractivity contribution in [2.45, 2.75) is 52.4 Å². The summed E-state index contributed by atoms with van der Waals surface area (Å²) in [6.45, 7) is 3.88. The van der Waals surface area contributed by atoms with Gasteiger partial charge < -0.3 is 10.1 Å². The lowest BCUT2D eigenvalue weighted by Crippen LogP contribution is -2.20. The number of aryl methyl sites for hydroxylation is 1. The van der Waals surface area contributed by atoms with Crippen LogP contribution in [0.15, 0.2) is 0 Å². The first-order valence-electron chi connectivity index (χ1n) is 7.62. The molecule has 1 atom stereocenters. The molecule has 1 unspecified atom stereocenters. The number of carbonyl (C=O) groups excluding carboxylic acids is 2. The first-order valence-corrected chi connectivity index (χ1v) is 8.43. The van der Waals surface area contributed by atoms with E-state index in [1.54, 1.807) is 11.3 Å². The minimum Gasteiger partial charge on any atom is -0.465 e. The van der Waals surface area contributed by atoms with Gasteiger partial charge in [0.25, 0.3) is 0 Å². The average Bonchev–Trinajstić information content (AvgIpc) is 2.67. The smallest absolute Gasteiger partial charge is 0.341 e. The quantitative estimate of drug-likeness (QED) is 0.680. The van der Waals surface area contributed by atoms with Gasteiger partial charge >= 0.3 is 5.97 Å². The second kappa shape index (κ2) is 7.07. The highest BCUT2D eigenvalue weighted by molar-refractivity contribution is 7.17. The molecule has 0 aromatic carbocycles. The first kappa shape index (κ1) is 16.0.